The Morgan fingerprint density at radius 3 is 2.62 bits per heavy atom. The minimum Gasteiger partial charge on any atom is -0.397 e. The van der Waals surface area contributed by atoms with Gasteiger partial charge in [0.1, 0.15) is 0 Å². The van der Waals surface area contributed by atoms with Crippen molar-refractivity contribution < 1.29 is 9.53 Å². The van der Waals surface area contributed by atoms with Gasteiger partial charge in [-0.1, -0.05) is 0 Å². The van der Waals surface area contributed by atoms with E-state index in [2.05, 4.69) is 4.90 Å². The Hall–Kier alpha value is -1.75. The van der Waals surface area contributed by atoms with Crippen LogP contribution < -0.4 is 10.6 Å². The second kappa shape index (κ2) is 6.80. The van der Waals surface area contributed by atoms with Crippen molar-refractivity contribution in [2.75, 3.05) is 51.5 Å². The molecule has 1 aliphatic rings. The fourth-order valence-electron chi connectivity index (χ4n) is 2.78. The molecule has 1 fully saturated rings. The molecule has 1 aromatic carbocycles. The molecule has 116 valence electrons. The third-order valence-electron chi connectivity index (χ3n) is 4.04. The molecule has 21 heavy (non-hydrogen) atoms. The highest BCUT2D eigenvalue weighted by Gasteiger charge is 2.21. The zero-order valence-corrected chi connectivity index (χ0v) is 13.1. The van der Waals surface area contributed by atoms with Crippen LogP contribution in [0.4, 0.5) is 11.4 Å². The molecule has 0 bridgehead atoms. The van der Waals surface area contributed by atoms with Crippen molar-refractivity contribution in [1.82, 2.24) is 4.90 Å². The van der Waals surface area contributed by atoms with Crippen molar-refractivity contribution in [3.63, 3.8) is 0 Å². The van der Waals surface area contributed by atoms with Crippen LogP contribution in [-0.4, -0.2) is 51.7 Å². The van der Waals surface area contributed by atoms with Crippen molar-refractivity contribution in [3.05, 3.63) is 23.8 Å². The van der Waals surface area contributed by atoms with E-state index in [-0.39, 0.29) is 5.91 Å². The number of nitrogens with zero attached hydrogens (tertiary/aromatic N) is 2. The summed E-state index contributed by atoms with van der Waals surface area (Å²) >= 11 is 0. The van der Waals surface area contributed by atoms with Gasteiger partial charge in [0.05, 0.1) is 11.4 Å². The van der Waals surface area contributed by atoms with Gasteiger partial charge in [0.25, 0.3) is 5.91 Å². The summed E-state index contributed by atoms with van der Waals surface area (Å²) in [6.45, 7) is 2.73. The minimum atomic E-state index is 0.00511. The van der Waals surface area contributed by atoms with E-state index in [1.54, 1.807) is 32.2 Å². The number of carbonyl (C=O) groups excluding carboxylic acids is 1. The van der Waals surface area contributed by atoms with Crippen molar-refractivity contribution in [3.8, 4) is 0 Å². The van der Waals surface area contributed by atoms with Crippen LogP contribution in [-0.2, 0) is 4.74 Å². The fraction of sp³-hybridized carbons (Fsp3) is 0.562. The summed E-state index contributed by atoms with van der Waals surface area (Å²) in [4.78, 5) is 15.9. The van der Waals surface area contributed by atoms with Gasteiger partial charge in [-0.05, 0) is 37.0 Å². The Kier molecular flexibility index (Phi) is 5.07. The predicted octanol–water partition coefficient (Wildman–Crippen LogP) is 1.83. The summed E-state index contributed by atoms with van der Waals surface area (Å²) in [6.07, 6.45) is 2.19. The Morgan fingerprint density at radius 1 is 1.38 bits per heavy atom. The highest BCUT2D eigenvalue weighted by atomic mass is 16.5. The number of piperidine rings is 1. The van der Waals surface area contributed by atoms with Crippen LogP contribution in [0.25, 0.3) is 0 Å². The van der Waals surface area contributed by atoms with E-state index in [1.165, 1.54) is 0 Å². The predicted molar refractivity (Wildman–Crippen MR) is 85.7 cm³/mol. The van der Waals surface area contributed by atoms with Gasteiger partial charge < -0.3 is 20.3 Å². The normalized spacial score (nSPS) is 16.0. The van der Waals surface area contributed by atoms with E-state index in [1.807, 2.05) is 12.1 Å². The molecule has 1 amide bonds. The molecule has 5 nitrogen and oxygen atoms in total. The molecule has 0 spiro atoms. The molecule has 0 aliphatic carbocycles. The van der Waals surface area contributed by atoms with Crippen molar-refractivity contribution in [2.24, 2.45) is 5.92 Å². The van der Waals surface area contributed by atoms with E-state index < -0.39 is 0 Å². The highest BCUT2D eigenvalue weighted by Crippen LogP contribution is 2.29. The average Bonchev–Trinajstić information content (AvgIpc) is 2.48. The number of hydrogen-bond acceptors (Lipinski definition) is 4. The van der Waals surface area contributed by atoms with Crippen LogP contribution in [0.3, 0.4) is 0 Å². The topological polar surface area (TPSA) is 58.8 Å². The largest absolute Gasteiger partial charge is 0.397 e. The van der Waals surface area contributed by atoms with Gasteiger partial charge in [-0.15, -0.1) is 0 Å². The van der Waals surface area contributed by atoms with Crippen LogP contribution in [0.1, 0.15) is 23.2 Å². The van der Waals surface area contributed by atoms with Crippen LogP contribution in [0.15, 0.2) is 18.2 Å². The van der Waals surface area contributed by atoms with E-state index in [0.29, 0.717) is 11.5 Å². The Morgan fingerprint density at radius 2 is 2.05 bits per heavy atom. The van der Waals surface area contributed by atoms with E-state index in [4.69, 9.17) is 10.5 Å². The molecular formula is C16H25N3O2. The van der Waals surface area contributed by atoms with Gasteiger partial charge in [-0.2, -0.15) is 0 Å². The molecule has 5 heteroatoms. The first kappa shape index (κ1) is 15.6. The molecule has 0 unspecified atom stereocenters. The molecule has 1 aliphatic heterocycles. The number of ether oxygens (including phenoxy) is 1. The minimum absolute atomic E-state index is 0.00511. The van der Waals surface area contributed by atoms with E-state index in [0.717, 1.165) is 43.9 Å². The van der Waals surface area contributed by atoms with Gasteiger partial charge >= 0.3 is 0 Å². The molecule has 1 aromatic rings. The lowest BCUT2D eigenvalue weighted by Gasteiger charge is -2.34. The molecular weight excluding hydrogens is 266 g/mol. The van der Waals surface area contributed by atoms with Crippen LogP contribution >= 0.6 is 0 Å². The van der Waals surface area contributed by atoms with Crippen LogP contribution in [0, 0.1) is 5.92 Å². The third kappa shape index (κ3) is 3.67. The van der Waals surface area contributed by atoms with E-state index in [9.17, 15) is 4.79 Å². The highest BCUT2D eigenvalue weighted by molar-refractivity contribution is 5.96. The second-order valence-electron chi connectivity index (χ2n) is 5.86. The summed E-state index contributed by atoms with van der Waals surface area (Å²) in [7, 11) is 5.27. The molecule has 1 heterocycles. The molecule has 2 rings (SSSR count). The SMILES string of the molecule is COCC1CCN(c2cc(C(=O)N(C)C)ccc2N)CC1. The maximum absolute atomic E-state index is 12.1. The van der Waals surface area contributed by atoms with E-state index >= 15 is 0 Å². The number of benzene rings is 1. The lowest BCUT2D eigenvalue weighted by molar-refractivity contribution is 0.0827. The number of anilines is 2. The summed E-state index contributed by atoms with van der Waals surface area (Å²) in [6, 6.07) is 5.53. The smallest absolute Gasteiger partial charge is 0.253 e. The van der Waals surface area contributed by atoms with Crippen molar-refractivity contribution >= 4 is 17.3 Å². The lowest BCUT2D eigenvalue weighted by atomic mass is 9.97. The van der Waals surface area contributed by atoms with Gasteiger partial charge in [0.2, 0.25) is 0 Å². The first-order valence-electron chi connectivity index (χ1n) is 7.38. The Labute approximate surface area is 126 Å². The van der Waals surface area contributed by atoms with Gasteiger partial charge in [0, 0.05) is 46.5 Å². The summed E-state index contributed by atoms with van der Waals surface area (Å²) in [5.41, 5.74) is 8.48. The van der Waals surface area contributed by atoms with Gasteiger partial charge in [-0.25, -0.2) is 0 Å². The molecule has 0 atom stereocenters. The Bertz CT molecular complexity index is 494. The number of amides is 1. The Balaban J connectivity index is 2.13. The zero-order chi connectivity index (χ0) is 15.4. The maximum Gasteiger partial charge on any atom is 0.253 e. The molecule has 0 saturated carbocycles. The van der Waals surface area contributed by atoms with Crippen LogP contribution in [0.5, 0.6) is 0 Å². The number of nitrogens with two attached hydrogens (primary N) is 1. The van der Waals surface area contributed by atoms with Crippen LogP contribution in [0.2, 0.25) is 0 Å². The van der Waals surface area contributed by atoms with Crippen molar-refractivity contribution in [1.29, 1.82) is 0 Å². The molecule has 0 radical (unpaired) electrons. The van der Waals surface area contributed by atoms with Crippen molar-refractivity contribution in [2.45, 2.75) is 12.8 Å². The monoisotopic (exact) mass is 291 g/mol. The third-order valence-corrected chi connectivity index (χ3v) is 4.04. The first-order chi connectivity index (χ1) is 10.0. The molecule has 0 aromatic heterocycles. The summed E-state index contributed by atoms with van der Waals surface area (Å²) < 4.78 is 5.23. The zero-order valence-electron chi connectivity index (χ0n) is 13.1. The fourth-order valence-corrected chi connectivity index (χ4v) is 2.78. The maximum atomic E-state index is 12.1. The van der Waals surface area contributed by atoms with Gasteiger partial charge in [-0.3, -0.25) is 4.79 Å². The lowest BCUT2D eigenvalue weighted by Crippen LogP contribution is -2.35. The molecule has 2 N–H and O–H groups in total. The molecule has 1 saturated heterocycles. The number of hydrogen-bond donors (Lipinski definition) is 1. The first-order valence-corrected chi connectivity index (χ1v) is 7.38. The quantitative estimate of drug-likeness (QED) is 0.860. The number of rotatable bonds is 4. The summed E-state index contributed by atoms with van der Waals surface area (Å²) in [5.74, 6) is 0.629. The number of methoxy groups -OCH3 is 1. The standard InChI is InChI=1S/C16H25N3O2/c1-18(2)16(20)13-4-5-14(17)15(10-13)19-8-6-12(7-9-19)11-21-3/h4-5,10,12H,6-9,11,17H2,1-3H3. The summed E-state index contributed by atoms with van der Waals surface area (Å²) in [5, 5.41) is 0. The average molecular weight is 291 g/mol. The number of nitrogen functional groups attached to an aromatic ring is 1. The second-order valence-corrected chi connectivity index (χ2v) is 5.86. The van der Waals surface area contributed by atoms with Gasteiger partial charge in [0.15, 0.2) is 0 Å². The number of carbonyl (C=O) groups is 1.